The Kier molecular flexibility index (Phi) is 11.7. The number of aliphatic imine (C=N–C) groups is 1. The molecule has 8 nitrogen and oxygen atoms in total. The smallest absolute Gasteiger partial charge is 0.242 e. The molecule has 30 heavy (non-hydrogen) atoms. The molecule has 0 atom stereocenters. The Labute approximate surface area is 196 Å². The third-order valence-electron chi connectivity index (χ3n) is 4.02. The quantitative estimate of drug-likeness (QED) is 0.205. The van der Waals surface area contributed by atoms with Crippen LogP contribution in [0.5, 0.6) is 5.75 Å². The Morgan fingerprint density at radius 2 is 1.97 bits per heavy atom. The molecule has 2 aromatic rings. The summed E-state index contributed by atoms with van der Waals surface area (Å²) in [6.45, 7) is 6.39. The van der Waals surface area contributed by atoms with Gasteiger partial charge >= 0.3 is 0 Å². The second-order valence-corrected chi connectivity index (χ2v) is 8.17. The topological polar surface area (TPSA) is 95.9 Å². The Bertz CT molecular complexity index is 877. The molecule has 0 saturated carbocycles. The monoisotopic (exact) mass is 547 g/mol. The zero-order valence-corrected chi connectivity index (χ0v) is 20.7. The highest BCUT2D eigenvalue weighted by molar-refractivity contribution is 14.0. The van der Waals surface area contributed by atoms with Gasteiger partial charge in [0.15, 0.2) is 5.96 Å². The third-order valence-corrected chi connectivity index (χ3v) is 5.47. The Hall–Kier alpha value is -1.92. The van der Waals surface area contributed by atoms with E-state index in [4.69, 9.17) is 4.74 Å². The largest absolute Gasteiger partial charge is 0.492 e. The van der Waals surface area contributed by atoms with Crippen LogP contribution in [0.2, 0.25) is 0 Å². The minimum absolute atomic E-state index is 0. The zero-order valence-electron chi connectivity index (χ0n) is 17.5. The van der Waals surface area contributed by atoms with E-state index in [0.717, 1.165) is 5.75 Å². The Balaban J connectivity index is 0.00000450. The summed E-state index contributed by atoms with van der Waals surface area (Å²) < 4.78 is 32.7. The minimum atomic E-state index is -3.57. The number of guanidine groups is 1. The highest BCUT2D eigenvalue weighted by atomic mass is 127. The van der Waals surface area contributed by atoms with E-state index < -0.39 is 10.0 Å². The molecule has 0 amide bonds. The van der Waals surface area contributed by atoms with Crippen molar-refractivity contribution in [2.24, 2.45) is 4.99 Å². The number of aryl methyl sites for hydroxylation is 1. The molecule has 1 aromatic carbocycles. The van der Waals surface area contributed by atoms with Crippen molar-refractivity contribution in [1.29, 1.82) is 0 Å². The van der Waals surface area contributed by atoms with Gasteiger partial charge in [-0.05, 0) is 38.1 Å². The van der Waals surface area contributed by atoms with E-state index in [1.54, 1.807) is 6.07 Å². The normalized spacial score (nSPS) is 11.5. The van der Waals surface area contributed by atoms with Gasteiger partial charge in [0.1, 0.15) is 17.3 Å². The number of benzene rings is 1. The lowest BCUT2D eigenvalue weighted by atomic mass is 10.2. The van der Waals surface area contributed by atoms with Crippen molar-refractivity contribution in [3.63, 3.8) is 0 Å². The number of likely N-dealkylation sites (N-methyl/N-ethyl adjacent to an activating group) is 1. The van der Waals surface area contributed by atoms with Crippen LogP contribution in [-0.4, -0.2) is 64.1 Å². The maximum Gasteiger partial charge on any atom is 0.242 e. The number of hydrogen-bond acceptors (Lipinski definition) is 5. The first-order valence-corrected chi connectivity index (χ1v) is 11.0. The van der Waals surface area contributed by atoms with Crippen molar-refractivity contribution in [3.8, 4) is 5.75 Å². The van der Waals surface area contributed by atoms with E-state index in [-0.39, 0.29) is 35.4 Å². The van der Waals surface area contributed by atoms with Gasteiger partial charge < -0.3 is 15.0 Å². The van der Waals surface area contributed by atoms with Crippen LogP contribution in [0.15, 0.2) is 58.7 Å². The summed E-state index contributed by atoms with van der Waals surface area (Å²) in [5.41, 5.74) is 1.19. The van der Waals surface area contributed by atoms with Crippen LogP contribution in [0.3, 0.4) is 0 Å². The zero-order chi connectivity index (χ0) is 21.1. The van der Waals surface area contributed by atoms with Gasteiger partial charge in [0, 0.05) is 32.5 Å². The van der Waals surface area contributed by atoms with Crippen molar-refractivity contribution < 1.29 is 13.2 Å². The van der Waals surface area contributed by atoms with Gasteiger partial charge in [-0.25, -0.2) is 13.1 Å². The summed E-state index contributed by atoms with van der Waals surface area (Å²) >= 11 is 0. The van der Waals surface area contributed by atoms with E-state index in [2.05, 4.69) is 20.0 Å². The van der Waals surface area contributed by atoms with Crippen LogP contribution in [0.4, 0.5) is 0 Å². The molecule has 2 rings (SSSR count). The van der Waals surface area contributed by atoms with E-state index in [9.17, 15) is 8.42 Å². The minimum Gasteiger partial charge on any atom is -0.492 e. The number of nitrogens with zero attached hydrogens (tertiary/aromatic N) is 3. The Morgan fingerprint density at radius 3 is 2.60 bits per heavy atom. The predicted molar refractivity (Wildman–Crippen MR) is 130 cm³/mol. The first-order chi connectivity index (χ1) is 13.9. The van der Waals surface area contributed by atoms with Crippen molar-refractivity contribution in [3.05, 3.63) is 54.4 Å². The maximum absolute atomic E-state index is 12.2. The molecule has 1 aromatic heterocycles. The number of nitrogens with one attached hydrogen (secondary N) is 2. The summed E-state index contributed by atoms with van der Waals surface area (Å²) in [6.07, 6.45) is 2.85. The third kappa shape index (κ3) is 8.84. The summed E-state index contributed by atoms with van der Waals surface area (Å²) in [4.78, 5) is 10.4. The van der Waals surface area contributed by atoms with Gasteiger partial charge in [0.2, 0.25) is 10.0 Å². The molecule has 10 heteroatoms. The summed E-state index contributed by atoms with van der Waals surface area (Å²) in [5.74, 6) is 1.52. The summed E-state index contributed by atoms with van der Waals surface area (Å²) in [5, 5.41) is 3.20. The number of pyridine rings is 1. The van der Waals surface area contributed by atoms with E-state index >= 15 is 0 Å². The second-order valence-electron chi connectivity index (χ2n) is 6.41. The number of ether oxygens (including phenoxy) is 1. The van der Waals surface area contributed by atoms with Gasteiger partial charge in [-0.1, -0.05) is 17.7 Å². The molecule has 166 valence electrons. The lowest BCUT2D eigenvalue weighted by molar-refractivity contribution is 0.281. The average molecular weight is 547 g/mol. The molecule has 0 spiro atoms. The van der Waals surface area contributed by atoms with E-state index in [1.807, 2.05) is 50.1 Å². The molecule has 0 saturated heterocycles. The van der Waals surface area contributed by atoms with Crippen LogP contribution >= 0.6 is 24.0 Å². The van der Waals surface area contributed by atoms with Gasteiger partial charge in [0.05, 0.1) is 13.1 Å². The highest BCUT2D eigenvalue weighted by Gasteiger charge is 2.13. The predicted octanol–water partition coefficient (Wildman–Crippen LogP) is 2.26. The SMILES string of the molecule is CCNC(=NCCNS(=O)(=O)c1cccnc1)N(C)CCOc1ccc(C)cc1.I. The molecule has 2 N–H and O–H groups in total. The second kappa shape index (κ2) is 13.4. The molecular weight excluding hydrogens is 517 g/mol. The summed E-state index contributed by atoms with van der Waals surface area (Å²) in [7, 11) is -1.66. The van der Waals surface area contributed by atoms with Crippen LogP contribution < -0.4 is 14.8 Å². The average Bonchev–Trinajstić information content (AvgIpc) is 2.72. The first kappa shape index (κ1) is 26.1. The number of hydrogen-bond donors (Lipinski definition) is 2. The first-order valence-electron chi connectivity index (χ1n) is 9.51. The molecular formula is C20H30IN5O3S. The molecule has 0 aliphatic carbocycles. The van der Waals surface area contributed by atoms with Crippen molar-refractivity contribution >= 4 is 40.0 Å². The van der Waals surface area contributed by atoms with Crippen molar-refractivity contribution in [1.82, 2.24) is 19.9 Å². The van der Waals surface area contributed by atoms with Crippen LogP contribution in [0, 0.1) is 6.92 Å². The van der Waals surface area contributed by atoms with Crippen molar-refractivity contribution in [2.45, 2.75) is 18.7 Å². The Morgan fingerprint density at radius 1 is 1.23 bits per heavy atom. The number of halogens is 1. The summed E-state index contributed by atoms with van der Waals surface area (Å²) in [6, 6.07) is 11.0. The molecule has 0 radical (unpaired) electrons. The van der Waals surface area contributed by atoms with Crippen molar-refractivity contribution in [2.75, 3.05) is 39.8 Å². The molecule has 0 fully saturated rings. The lowest BCUT2D eigenvalue weighted by Gasteiger charge is -2.22. The van der Waals surface area contributed by atoms with Crippen LogP contribution in [-0.2, 0) is 10.0 Å². The van der Waals surface area contributed by atoms with Crippen LogP contribution in [0.1, 0.15) is 12.5 Å². The highest BCUT2D eigenvalue weighted by Crippen LogP contribution is 2.11. The standard InChI is InChI=1S/C20H29N5O3S.HI/c1-4-22-20(25(3)14-15-28-18-9-7-17(2)8-10-18)23-12-13-24-29(26,27)19-6-5-11-21-16-19;/h5-11,16,24H,4,12-15H2,1-3H3,(H,22,23);1H. The van der Waals surface area contributed by atoms with Gasteiger partial charge in [0.25, 0.3) is 0 Å². The fourth-order valence-corrected chi connectivity index (χ4v) is 3.43. The van der Waals surface area contributed by atoms with E-state index in [0.29, 0.717) is 32.2 Å². The van der Waals surface area contributed by atoms with E-state index in [1.165, 1.54) is 24.0 Å². The molecule has 0 aliphatic heterocycles. The fraction of sp³-hybridized carbons (Fsp3) is 0.400. The number of aromatic nitrogens is 1. The maximum atomic E-state index is 12.2. The lowest BCUT2D eigenvalue weighted by Crippen LogP contribution is -2.41. The molecule has 0 unspecified atom stereocenters. The molecule has 1 heterocycles. The van der Waals surface area contributed by atoms with Gasteiger partial charge in [-0.3, -0.25) is 9.98 Å². The molecule has 0 bridgehead atoms. The fourth-order valence-electron chi connectivity index (χ4n) is 2.44. The number of sulfonamides is 1. The number of rotatable bonds is 10. The van der Waals surface area contributed by atoms with Gasteiger partial charge in [-0.15, -0.1) is 24.0 Å². The van der Waals surface area contributed by atoms with Crippen LogP contribution in [0.25, 0.3) is 0 Å². The molecule has 0 aliphatic rings. The van der Waals surface area contributed by atoms with Gasteiger partial charge in [-0.2, -0.15) is 0 Å².